The monoisotopic (exact) mass is 568 g/mol. The third-order valence-corrected chi connectivity index (χ3v) is 7.60. The van der Waals surface area contributed by atoms with E-state index in [-0.39, 0.29) is 17.7 Å². The van der Waals surface area contributed by atoms with Gasteiger partial charge in [-0.25, -0.2) is 0 Å². The maximum absolute atomic E-state index is 12.8. The molecule has 0 spiro atoms. The second-order valence-electron chi connectivity index (χ2n) is 10.7. The maximum Gasteiger partial charge on any atom is 0.257 e. The number of benzene rings is 1. The Morgan fingerprint density at radius 3 is 2.46 bits per heavy atom. The van der Waals surface area contributed by atoms with Gasteiger partial charge in [-0.1, -0.05) is 92.4 Å². The minimum atomic E-state index is -0.224. The highest BCUT2D eigenvalue weighted by Crippen LogP contribution is 2.39. The molecule has 0 bridgehead atoms. The molecular weight excluding hydrogens is 523 g/mol. The summed E-state index contributed by atoms with van der Waals surface area (Å²) in [6.07, 6.45) is 11.1. The molecule has 1 aromatic carbocycles. The van der Waals surface area contributed by atoms with E-state index in [1.165, 1.54) is 11.7 Å². The molecule has 3 rings (SSSR count). The van der Waals surface area contributed by atoms with Gasteiger partial charge in [0.1, 0.15) is 0 Å². The molecule has 3 atom stereocenters. The van der Waals surface area contributed by atoms with Crippen LogP contribution in [-0.2, 0) is 6.42 Å². The molecule has 0 radical (unpaired) electrons. The Kier molecular flexibility index (Phi) is 14.1. The topological polar surface area (TPSA) is 66.4 Å². The van der Waals surface area contributed by atoms with Crippen LogP contribution < -0.4 is 10.6 Å². The van der Waals surface area contributed by atoms with E-state index in [1.807, 2.05) is 31.3 Å². The highest BCUT2D eigenvalue weighted by atomic mass is 35.5. The summed E-state index contributed by atoms with van der Waals surface area (Å²) in [5, 5.41) is 8.53. The molecule has 0 saturated carbocycles. The highest BCUT2D eigenvalue weighted by molar-refractivity contribution is 7.45. The third kappa shape index (κ3) is 11.0. The van der Waals surface area contributed by atoms with Gasteiger partial charge in [0.05, 0.1) is 27.8 Å². The number of amides is 1. The number of allylic oxidation sites excluding steroid dienone is 3. The fraction of sp³-hybridized carbons (Fsp3) is 0.469. The summed E-state index contributed by atoms with van der Waals surface area (Å²) < 4.78 is 0. The number of aromatic nitrogens is 1. The predicted molar refractivity (Wildman–Crippen MR) is 172 cm³/mol. The van der Waals surface area contributed by atoms with E-state index in [0.29, 0.717) is 31.0 Å². The number of hydrogen-bond acceptors (Lipinski definition) is 4. The predicted octanol–water partition coefficient (Wildman–Crippen LogP) is 9.18. The maximum atomic E-state index is 12.8. The van der Waals surface area contributed by atoms with Gasteiger partial charge in [0.2, 0.25) is 0 Å². The number of hydrogen-bond donors (Lipinski definition) is 2. The van der Waals surface area contributed by atoms with Gasteiger partial charge in [-0.3, -0.25) is 20.1 Å². The zero-order valence-electron chi connectivity index (χ0n) is 24.8. The van der Waals surface area contributed by atoms with Gasteiger partial charge in [0.15, 0.2) is 0 Å². The fourth-order valence-electron chi connectivity index (χ4n) is 3.92. The zero-order chi connectivity index (χ0) is 28.9. The van der Waals surface area contributed by atoms with Gasteiger partial charge in [-0.05, 0) is 67.6 Å². The zero-order valence-corrected chi connectivity index (χ0v) is 26.6. The van der Waals surface area contributed by atoms with Crippen LogP contribution in [0.4, 0.5) is 5.69 Å². The summed E-state index contributed by atoms with van der Waals surface area (Å²) >= 11 is 6.38. The van der Waals surface area contributed by atoms with E-state index in [0.717, 1.165) is 35.5 Å². The van der Waals surface area contributed by atoms with Crippen molar-refractivity contribution in [2.75, 3.05) is 5.32 Å². The van der Waals surface area contributed by atoms with Gasteiger partial charge in [0.25, 0.3) is 5.91 Å². The van der Waals surface area contributed by atoms with Crippen LogP contribution in [0, 0.1) is 11.8 Å². The molecule has 3 unspecified atom stereocenters. The Labute approximate surface area is 242 Å². The lowest BCUT2D eigenvalue weighted by Crippen LogP contribution is -2.30. The van der Waals surface area contributed by atoms with Gasteiger partial charge in [-0.15, -0.1) is 0 Å². The average molecular weight is 569 g/mol. The quantitative estimate of drug-likeness (QED) is 0.296. The minimum Gasteiger partial charge on any atom is -0.322 e. The molecule has 0 aliphatic carbocycles. The van der Waals surface area contributed by atoms with E-state index in [2.05, 4.69) is 82.3 Å². The molecule has 0 saturated heterocycles. The van der Waals surface area contributed by atoms with Crippen LogP contribution in [-0.4, -0.2) is 22.9 Å². The van der Waals surface area contributed by atoms with Crippen molar-refractivity contribution in [3.8, 4) is 0 Å². The van der Waals surface area contributed by atoms with Crippen LogP contribution in [0.5, 0.6) is 0 Å². The molecule has 2 N–H and O–H groups in total. The van der Waals surface area contributed by atoms with E-state index < -0.39 is 0 Å². The first-order valence-corrected chi connectivity index (χ1v) is 15.5. The summed E-state index contributed by atoms with van der Waals surface area (Å²) in [5.74, 6) is 1.02. The molecule has 0 fully saturated rings. The van der Waals surface area contributed by atoms with Crippen molar-refractivity contribution in [3.63, 3.8) is 0 Å². The second kappa shape index (κ2) is 16.7. The largest absolute Gasteiger partial charge is 0.322 e. The molecule has 7 heteroatoms. The Morgan fingerprint density at radius 2 is 1.85 bits per heavy atom. The fourth-order valence-corrected chi connectivity index (χ4v) is 5.57. The van der Waals surface area contributed by atoms with Crippen molar-refractivity contribution in [3.05, 3.63) is 81.5 Å². The number of carbonyl (C=O) groups excluding carboxylic acids is 1. The van der Waals surface area contributed by atoms with Crippen molar-refractivity contribution in [1.82, 2.24) is 10.3 Å². The number of aliphatic imine (C=N–C) groups is 1. The molecule has 1 aromatic heterocycles. The van der Waals surface area contributed by atoms with Crippen LogP contribution in [0.1, 0.15) is 95.9 Å². The van der Waals surface area contributed by atoms with Gasteiger partial charge >= 0.3 is 0 Å². The summed E-state index contributed by atoms with van der Waals surface area (Å²) in [6.45, 7) is 17.1. The van der Waals surface area contributed by atoms with Gasteiger partial charge in [0, 0.05) is 24.1 Å². The lowest BCUT2D eigenvalue weighted by Gasteiger charge is -2.26. The van der Waals surface area contributed by atoms with Crippen LogP contribution in [0.25, 0.3) is 0 Å². The number of pyridine rings is 1. The third-order valence-electron chi connectivity index (χ3n) is 5.87. The lowest BCUT2D eigenvalue weighted by atomic mass is 10.1. The molecule has 1 aliphatic heterocycles. The Hall–Kier alpha value is -2.33. The number of halogens is 1. The van der Waals surface area contributed by atoms with Crippen LogP contribution in [0.2, 0.25) is 5.02 Å². The lowest BCUT2D eigenvalue weighted by molar-refractivity contribution is 0.102. The Bertz CT molecular complexity index is 1170. The smallest absolute Gasteiger partial charge is 0.257 e. The van der Waals surface area contributed by atoms with Crippen molar-refractivity contribution >= 4 is 38.0 Å². The normalized spacial score (nSPS) is 18.5. The number of rotatable bonds is 9. The van der Waals surface area contributed by atoms with Crippen molar-refractivity contribution < 1.29 is 4.79 Å². The number of carbonyl (C=O) groups is 1. The van der Waals surface area contributed by atoms with Crippen LogP contribution >= 0.6 is 20.2 Å². The van der Waals surface area contributed by atoms with E-state index in [9.17, 15) is 4.79 Å². The van der Waals surface area contributed by atoms with Gasteiger partial charge in [-0.2, -0.15) is 0 Å². The number of anilines is 1. The molecule has 2 aromatic rings. The van der Waals surface area contributed by atoms with Crippen LogP contribution in [0.15, 0.2) is 64.7 Å². The highest BCUT2D eigenvalue weighted by Gasteiger charge is 2.19. The van der Waals surface area contributed by atoms with E-state index in [4.69, 9.17) is 16.6 Å². The first kappa shape index (κ1) is 32.9. The summed E-state index contributed by atoms with van der Waals surface area (Å²) in [4.78, 5) is 22.0. The number of nitrogens with one attached hydrogen (secondary N) is 2. The standard InChI is InChI=1S/C29H38ClN4OP.C3H8/c1-7-25-27(12-11-18(2)3)36-28(17-32-25)33-20(6)21-9-8-10-23(14-21)34-29(35)22-15-24(30)26(31-16-22)13-19(4)5;1-3-2/h7-10,12,14-20,28,33,36H,11,13H2,1-6H3,(H,34,35);3H2,1-2H3/b25-7+,27-12-;. The Balaban J connectivity index is 0.00000170. The van der Waals surface area contributed by atoms with E-state index >= 15 is 0 Å². The molecule has 39 heavy (non-hydrogen) atoms. The SMILES string of the molecule is C/C=C1/N=CC(NC(C)c2cccc(NC(=O)c3cnc(CC(C)C)c(Cl)c3)c2)P/C1=C\CC(C)C.CCC. The number of nitrogens with zero attached hydrogens (tertiary/aromatic N) is 2. The van der Waals surface area contributed by atoms with Crippen molar-refractivity contribution in [2.24, 2.45) is 16.8 Å². The molecule has 1 amide bonds. The molecule has 5 nitrogen and oxygen atoms in total. The van der Waals surface area contributed by atoms with E-state index in [1.54, 1.807) is 12.3 Å². The summed E-state index contributed by atoms with van der Waals surface area (Å²) in [6, 6.07) is 9.73. The molecule has 1 aliphatic rings. The van der Waals surface area contributed by atoms with Crippen molar-refractivity contribution in [2.45, 2.75) is 86.5 Å². The van der Waals surface area contributed by atoms with Gasteiger partial charge < -0.3 is 5.32 Å². The molecular formula is C32H46ClN4OP. The summed E-state index contributed by atoms with van der Waals surface area (Å²) in [7, 11) is 0.622. The molecule has 2 heterocycles. The van der Waals surface area contributed by atoms with Crippen LogP contribution in [0.3, 0.4) is 0 Å². The second-order valence-corrected chi connectivity index (χ2v) is 12.6. The minimum absolute atomic E-state index is 0.0933. The molecule has 212 valence electrons. The summed E-state index contributed by atoms with van der Waals surface area (Å²) in [5.41, 5.74) is 4.18. The van der Waals surface area contributed by atoms with Crippen molar-refractivity contribution in [1.29, 1.82) is 0 Å². The Morgan fingerprint density at radius 1 is 1.13 bits per heavy atom. The average Bonchev–Trinajstić information content (AvgIpc) is 2.89. The first-order chi connectivity index (χ1) is 18.6. The first-order valence-electron chi connectivity index (χ1n) is 14.1.